The van der Waals surface area contributed by atoms with Crippen LogP contribution >= 0.6 is 11.6 Å². The highest BCUT2D eigenvalue weighted by Crippen LogP contribution is 2.21. The molecule has 0 spiro atoms. The van der Waals surface area contributed by atoms with Gasteiger partial charge in [-0.3, -0.25) is 9.69 Å². The first-order chi connectivity index (χ1) is 13.1. The zero-order valence-corrected chi connectivity index (χ0v) is 15.2. The van der Waals surface area contributed by atoms with Crippen molar-refractivity contribution in [3.05, 3.63) is 65.3 Å². The largest absolute Gasteiger partial charge is 0.492 e. The Morgan fingerprint density at radius 2 is 1.96 bits per heavy atom. The Bertz CT molecular complexity index is 1000. The standard InChI is InChI=1S/C20H18ClN3O3/c21-14-4-3-5-15(11-14)27-9-8-24-19(25)18(23-20(24)26)10-13-12-22-17-7-2-1-6-16(13)17/h1-7,11-12,18,22H,8-10H2,(H,23,26)/t18-/m0/s1. The number of rotatable bonds is 6. The molecule has 1 aromatic heterocycles. The molecule has 4 rings (SSSR count). The minimum absolute atomic E-state index is 0.182. The highest BCUT2D eigenvalue weighted by atomic mass is 35.5. The van der Waals surface area contributed by atoms with Crippen LogP contribution in [0.15, 0.2) is 54.7 Å². The molecule has 6 nitrogen and oxygen atoms in total. The second-order valence-corrected chi connectivity index (χ2v) is 6.80. The first-order valence-corrected chi connectivity index (χ1v) is 9.05. The minimum atomic E-state index is -0.567. The number of urea groups is 1. The van der Waals surface area contributed by atoms with Crippen LogP contribution in [0, 0.1) is 0 Å². The van der Waals surface area contributed by atoms with Crippen LogP contribution < -0.4 is 10.1 Å². The number of para-hydroxylation sites is 1. The van der Waals surface area contributed by atoms with Crippen LogP contribution in [0.4, 0.5) is 4.79 Å². The highest BCUT2D eigenvalue weighted by Gasteiger charge is 2.37. The number of nitrogens with zero attached hydrogens (tertiary/aromatic N) is 1. The lowest BCUT2D eigenvalue weighted by molar-refractivity contribution is -0.127. The van der Waals surface area contributed by atoms with E-state index in [1.165, 1.54) is 4.90 Å². The summed E-state index contributed by atoms with van der Waals surface area (Å²) in [5.41, 5.74) is 2.01. The molecule has 2 aromatic carbocycles. The fraction of sp³-hybridized carbons (Fsp3) is 0.200. The lowest BCUT2D eigenvalue weighted by Gasteiger charge is -2.14. The molecule has 0 saturated carbocycles. The number of halogens is 1. The van der Waals surface area contributed by atoms with Crippen LogP contribution in [0.5, 0.6) is 5.75 Å². The molecule has 138 valence electrons. The number of H-pyrrole nitrogens is 1. The Morgan fingerprint density at radius 1 is 1.11 bits per heavy atom. The first kappa shape index (κ1) is 17.4. The zero-order valence-electron chi connectivity index (χ0n) is 14.4. The van der Waals surface area contributed by atoms with Crippen LogP contribution in [-0.2, 0) is 11.2 Å². The van der Waals surface area contributed by atoms with Gasteiger partial charge in [0.25, 0.3) is 5.91 Å². The molecule has 1 aliphatic rings. The molecule has 2 heterocycles. The van der Waals surface area contributed by atoms with Gasteiger partial charge in [-0.15, -0.1) is 0 Å². The molecule has 0 bridgehead atoms. The number of nitrogens with one attached hydrogen (secondary N) is 2. The number of fused-ring (bicyclic) bond motifs is 1. The predicted octanol–water partition coefficient (Wildman–Crippen LogP) is 3.36. The Labute approximate surface area is 161 Å². The fourth-order valence-corrected chi connectivity index (χ4v) is 3.44. The number of ether oxygens (including phenoxy) is 1. The Hall–Kier alpha value is -2.99. The summed E-state index contributed by atoms with van der Waals surface area (Å²) in [6.07, 6.45) is 2.33. The molecule has 3 amide bonds. The number of amides is 3. The van der Waals surface area contributed by atoms with Gasteiger partial charge < -0.3 is 15.0 Å². The molecule has 3 aromatic rings. The van der Waals surface area contributed by atoms with Crippen molar-refractivity contribution in [3.63, 3.8) is 0 Å². The summed E-state index contributed by atoms with van der Waals surface area (Å²) in [5, 5.41) is 4.39. The fourth-order valence-electron chi connectivity index (χ4n) is 3.26. The summed E-state index contributed by atoms with van der Waals surface area (Å²) in [6.45, 7) is 0.390. The van der Waals surface area contributed by atoms with Crippen molar-refractivity contribution in [1.82, 2.24) is 15.2 Å². The number of imide groups is 1. The first-order valence-electron chi connectivity index (χ1n) is 8.67. The second kappa shape index (κ2) is 7.32. The molecule has 0 radical (unpaired) electrons. The number of benzene rings is 2. The van der Waals surface area contributed by atoms with Gasteiger partial charge in [0.1, 0.15) is 18.4 Å². The van der Waals surface area contributed by atoms with Gasteiger partial charge in [-0.2, -0.15) is 0 Å². The summed E-state index contributed by atoms with van der Waals surface area (Å²) >= 11 is 5.91. The maximum absolute atomic E-state index is 12.6. The van der Waals surface area contributed by atoms with Crippen molar-refractivity contribution >= 4 is 34.4 Å². The molecule has 27 heavy (non-hydrogen) atoms. The van der Waals surface area contributed by atoms with Crippen molar-refractivity contribution in [3.8, 4) is 5.75 Å². The molecule has 2 N–H and O–H groups in total. The molecule has 0 unspecified atom stereocenters. The molecule has 1 fully saturated rings. The van der Waals surface area contributed by atoms with E-state index in [4.69, 9.17) is 16.3 Å². The molecule has 0 aliphatic carbocycles. The van der Waals surface area contributed by atoms with E-state index in [2.05, 4.69) is 10.3 Å². The van der Waals surface area contributed by atoms with E-state index < -0.39 is 6.04 Å². The van der Waals surface area contributed by atoms with E-state index in [1.807, 2.05) is 30.5 Å². The van der Waals surface area contributed by atoms with E-state index in [1.54, 1.807) is 24.3 Å². The van der Waals surface area contributed by atoms with E-state index in [0.29, 0.717) is 17.2 Å². The van der Waals surface area contributed by atoms with Crippen molar-refractivity contribution in [2.75, 3.05) is 13.2 Å². The molecular formula is C20H18ClN3O3. The third kappa shape index (κ3) is 3.61. The summed E-state index contributed by atoms with van der Waals surface area (Å²) in [7, 11) is 0. The monoisotopic (exact) mass is 383 g/mol. The van der Waals surface area contributed by atoms with Gasteiger partial charge in [0.05, 0.1) is 6.54 Å². The lowest BCUT2D eigenvalue weighted by atomic mass is 10.1. The van der Waals surface area contributed by atoms with Gasteiger partial charge in [-0.1, -0.05) is 35.9 Å². The normalized spacial score (nSPS) is 16.8. The van der Waals surface area contributed by atoms with E-state index >= 15 is 0 Å². The molecule has 1 aliphatic heterocycles. The predicted molar refractivity (Wildman–Crippen MR) is 103 cm³/mol. The number of carbonyl (C=O) groups excluding carboxylic acids is 2. The summed E-state index contributed by atoms with van der Waals surface area (Å²) < 4.78 is 5.58. The van der Waals surface area contributed by atoms with Crippen molar-refractivity contribution < 1.29 is 14.3 Å². The van der Waals surface area contributed by atoms with Gasteiger partial charge in [0.2, 0.25) is 0 Å². The highest BCUT2D eigenvalue weighted by molar-refractivity contribution is 6.30. The average molecular weight is 384 g/mol. The minimum Gasteiger partial charge on any atom is -0.492 e. The smallest absolute Gasteiger partial charge is 0.324 e. The quantitative estimate of drug-likeness (QED) is 0.641. The van der Waals surface area contributed by atoms with Gasteiger partial charge in [-0.25, -0.2) is 4.79 Å². The van der Waals surface area contributed by atoms with E-state index in [9.17, 15) is 9.59 Å². The van der Waals surface area contributed by atoms with E-state index in [0.717, 1.165) is 16.5 Å². The topological polar surface area (TPSA) is 74.4 Å². The maximum atomic E-state index is 12.6. The average Bonchev–Trinajstić information content (AvgIpc) is 3.18. The van der Waals surface area contributed by atoms with Crippen LogP contribution in [0.25, 0.3) is 10.9 Å². The van der Waals surface area contributed by atoms with E-state index in [-0.39, 0.29) is 25.1 Å². The molecule has 7 heteroatoms. The molecule has 1 atom stereocenters. The molecular weight excluding hydrogens is 366 g/mol. The van der Waals surface area contributed by atoms with Crippen molar-refractivity contribution in [2.24, 2.45) is 0 Å². The van der Waals surface area contributed by atoms with Gasteiger partial charge >= 0.3 is 6.03 Å². The van der Waals surface area contributed by atoms with Crippen LogP contribution in [-0.4, -0.2) is 41.0 Å². The van der Waals surface area contributed by atoms with Crippen LogP contribution in [0.3, 0.4) is 0 Å². The number of aromatic amines is 1. The summed E-state index contributed by atoms with van der Waals surface area (Å²) in [5.74, 6) is 0.366. The number of aromatic nitrogens is 1. The maximum Gasteiger partial charge on any atom is 0.324 e. The Balaban J connectivity index is 1.38. The zero-order chi connectivity index (χ0) is 18.8. The Kier molecular flexibility index (Phi) is 4.73. The van der Waals surface area contributed by atoms with Crippen molar-refractivity contribution in [1.29, 1.82) is 0 Å². The number of hydrogen-bond donors (Lipinski definition) is 2. The SMILES string of the molecule is O=C1N[C@@H](Cc2c[nH]c3ccccc23)C(=O)N1CCOc1cccc(Cl)c1. The second-order valence-electron chi connectivity index (χ2n) is 6.36. The third-order valence-corrected chi connectivity index (χ3v) is 4.82. The van der Waals surface area contributed by atoms with Crippen LogP contribution in [0.2, 0.25) is 5.02 Å². The van der Waals surface area contributed by atoms with Gasteiger partial charge in [0.15, 0.2) is 0 Å². The third-order valence-electron chi connectivity index (χ3n) is 4.59. The van der Waals surface area contributed by atoms with Gasteiger partial charge in [-0.05, 0) is 29.8 Å². The van der Waals surface area contributed by atoms with Crippen LogP contribution in [0.1, 0.15) is 5.56 Å². The lowest BCUT2D eigenvalue weighted by Crippen LogP contribution is -2.35. The summed E-state index contributed by atoms with van der Waals surface area (Å²) in [6, 6.07) is 13.9. The Morgan fingerprint density at radius 3 is 2.81 bits per heavy atom. The van der Waals surface area contributed by atoms with Gasteiger partial charge in [0, 0.05) is 28.5 Å². The summed E-state index contributed by atoms with van der Waals surface area (Å²) in [4.78, 5) is 29.2. The number of carbonyl (C=O) groups is 2. The number of hydrogen-bond acceptors (Lipinski definition) is 3. The van der Waals surface area contributed by atoms with Crippen molar-refractivity contribution in [2.45, 2.75) is 12.5 Å². The molecule has 1 saturated heterocycles.